The van der Waals surface area contributed by atoms with Gasteiger partial charge in [-0.25, -0.2) is 26.5 Å². The summed E-state index contributed by atoms with van der Waals surface area (Å²) in [5.41, 5.74) is 0.868. The predicted molar refractivity (Wildman–Crippen MR) is 178 cm³/mol. The molecule has 262 valence electrons. The number of nitrogens with one attached hydrogen (secondary N) is 4. The third-order valence-electron chi connectivity index (χ3n) is 7.42. The second-order valence-corrected chi connectivity index (χ2v) is 15.5. The average Bonchev–Trinajstić information content (AvgIpc) is 3.59. The molecule has 1 aliphatic rings. The Kier molecular flexibility index (Phi) is 12.2. The van der Waals surface area contributed by atoms with Crippen molar-refractivity contribution >= 4 is 60.9 Å². The van der Waals surface area contributed by atoms with E-state index < -0.39 is 74.6 Å². The van der Waals surface area contributed by atoms with Gasteiger partial charge in [0.25, 0.3) is 10.0 Å². The number of amides is 2. The van der Waals surface area contributed by atoms with Crippen LogP contribution in [-0.2, 0) is 34.4 Å². The van der Waals surface area contributed by atoms with Crippen LogP contribution in [0.4, 0.5) is 0 Å². The Morgan fingerprint density at radius 1 is 1.04 bits per heavy atom. The summed E-state index contributed by atoms with van der Waals surface area (Å²) in [6, 6.07) is 10.6. The van der Waals surface area contributed by atoms with Gasteiger partial charge in [-0.1, -0.05) is 35.9 Å². The maximum absolute atomic E-state index is 13.4. The molecule has 2 heterocycles. The molecule has 19 heteroatoms. The number of sulfonamides is 2. The van der Waals surface area contributed by atoms with E-state index >= 15 is 0 Å². The van der Waals surface area contributed by atoms with Crippen molar-refractivity contribution in [1.29, 1.82) is 5.41 Å². The minimum absolute atomic E-state index is 0.0199. The number of carbonyl (C=O) groups is 4. The lowest BCUT2D eigenvalue weighted by Crippen LogP contribution is -2.60. The Labute approximate surface area is 287 Å². The van der Waals surface area contributed by atoms with E-state index in [0.29, 0.717) is 0 Å². The smallest absolute Gasteiger partial charge is 0.305 e. The van der Waals surface area contributed by atoms with Gasteiger partial charge >= 0.3 is 5.97 Å². The molecule has 1 saturated heterocycles. The van der Waals surface area contributed by atoms with Gasteiger partial charge in [0.05, 0.1) is 28.8 Å². The number of piperazine rings is 1. The number of aliphatic carboxylic acids is 1. The lowest BCUT2D eigenvalue weighted by atomic mass is 10.1. The maximum Gasteiger partial charge on any atom is 0.305 e. The fraction of sp³-hybridized carbons (Fsp3) is 0.333. The minimum atomic E-state index is -4.23. The number of hydrogen-bond donors (Lipinski definition) is 5. The van der Waals surface area contributed by atoms with Crippen molar-refractivity contribution < 1.29 is 41.1 Å². The highest BCUT2D eigenvalue weighted by atomic mass is 32.2. The second-order valence-electron chi connectivity index (χ2n) is 11.0. The van der Waals surface area contributed by atoms with Crippen LogP contribution in [0.2, 0.25) is 0 Å². The zero-order valence-electron chi connectivity index (χ0n) is 26.2. The number of carboxylic acids is 1. The van der Waals surface area contributed by atoms with Gasteiger partial charge in [0.2, 0.25) is 33.6 Å². The number of thiazole rings is 1. The molecule has 4 rings (SSSR count). The highest BCUT2D eigenvalue weighted by Gasteiger charge is 2.43. The molecule has 0 radical (unpaired) electrons. The second kappa shape index (κ2) is 16.1. The molecular weight excluding hydrogens is 699 g/mol. The number of carboxylic acid groups (broad SMARTS) is 1. The van der Waals surface area contributed by atoms with Crippen molar-refractivity contribution in [3.8, 4) is 0 Å². The lowest BCUT2D eigenvalue weighted by Gasteiger charge is -2.39. The van der Waals surface area contributed by atoms with Crippen LogP contribution in [-0.4, -0.2) is 104 Å². The summed E-state index contributed by atoms with van der Waals surface area (Å²) in [6.07, 6.45) is 0.849. The number of rotatable bonds is 15. The summed E-state index contributed by atoms with van der Waals surface area (Å²) in [7, 11) is -8.23. The van der Waals surface area contributed by atoms with E-state index in [9.17, 15) is 41.1 Å². The molecule has 0 saturated carbocycles. The van der Waals surface area contributed by atoms with Crippen molar-refractivity contribution in [3.63, 3.8) is 0 Å². The fourth-order valence-electron chi connectivity index (χ4n) is 4.99. The van der Waals surface area contributed by atoms with Crippen LogP contribution >= 0.6 is 11.3 Å². The van der Waals surface area contributed by atoms with Gasteiger partial charge in [-0.05, 0) is 44.0 Å². The Morgan fingerprint density at radius 3 is 2.37 bits per heavy atom. The Bertz CT molecular complexity index is 1890. The van der Waals surface area contributed by atoms with E-state index in [1.165, 1.54) is 42.6 Å². The molecule has 1 aliphatic heterocycles. The van der Waals surface area contributed by atoms with Gasteiger partial charge in [-0.3, -0.25) is 24.6 Å². The number of guanidine groups is 1. The van der Waals surface area contributed by atoms with Crippen LogP contribution < -0.4 is 15.4 Å². The van der Waals surface area contributed by atoms with E-state index in [4.69, 9.17) is 5.41 Å². The molecule has 5 N–H and O–H groups in total. The van der Waals surface area contributed by atoms with Gasteiger partial charge in [0, 0.05) is 31.2 Å². The number of Topliss-reactive ketones (excluding diaryl/α,β-unsaturated/α-hetero) is 1. The number of carbonyl (C=O) groups excluding carboxylic acids is 3. The van der Waals surface area contributed by atoms with Crippen LogP contribution in [0.1, 0.15) is 34.6 Å². The van der Waals surface area contributed by atoms with E-state index in [1.807, 2.05) is 6.92 Å². The molecule has 1 aromatic heterocycles. The lowest BCUT2D eigenvalue weighted by molar-refractivity contribution is -0.148. The minimum Gasteiger partial charge on any atom is -0.481 e. The van der Waals surface area contributed by atoms with E-state index in [2.05, 4.69) is 20.3 Å². The number of aromatic nitrogens is 1. The SMILES string of the molecule is Cc1ccc(S(=O)(=O)NC(=N)NCCC[C@H](NC(=O)CN2CCN(S(=O)(=O)c3ccccc3)[C@H](CC(=O)O)C2=O)C(=O)c2nccs2)cc1. The van der Waals surface area contributed by atoms with Gasteiger partial charge in [-0.15, -0.1) is 11.3 Å². The molecule has 1 fully saturated rings. The molecule has 3 aromatic rings. The molecule has 16 nitrogen and oxygen atoms in total. The largest absolute Gasteiger partial charge is 0.481 e. The van der Waals surface area contributed by atoms with Gasteiger partial charge in [-0.2, -0.15) is 4.31 Å². The van der Waals surface area contributed by atoms with Crippen molar-refractivity contribution in [3.05, 3.63) is 76.7 Å². The van der Waals surface area contributed by atoms with Crippen molar-refractivity contribution in [1.82, 2.24) is 29.5 Å². The maximum atomic E-state index is 13.4. The van der Waals surface area contributed by atoms with Crippen molar-refractivity contribution in [2.45, 2.75) is 48.1 Å². The summed E-state index contributed by atoms with van der Waals surface area (Å²) < 4.78 is 54.6. The number of nitrogens with zero attached hydrogens (tertiary/aromatic N) is 3. The summed E-state index contributed by atoms with van der Waals surface area (Å²) in [5.74, 6) is -4.02. The Morgan fingerprint density at radius 2 is 1.73 bits per heavy atom. The normalized spacial score (nSPS) is 16.1. The molecule has 2 aromatic carbocycles. The number of hydrogen-bond acceptors (Lipinski definition) is 11. The first-order chi connectivity index (χ1) is 23.2. The molecule has 0 bridgehead atoms. The fourth-order valence-corrected chi connectivity index (χ4v) is 8.17. The van der Waals surface area contributed by atoms with Gasteiger partial charge in [0.1, 0.15) is 6.04 Å². The molecule has 0 spiro atoms. The van der Waals surface area contributed by atoms with Crippen LogP contribution in [0.15, 0.2) is 76.0 Å². The number of benzene rings is 2. The predicted octanol–water partition coefficient (Wildman–Crippen LogP) is 0.778. The highest BCUT2D eigenvalue weighted by Crippen LogP contribution is 2.24. The van der Waals surface area contributed by atoms with Crippen LogP contribution in [0.25, 0.3) is 0 Å². The summed E-state index contributed by atoms with van der Waals surface area (Å²) in [5, 5.41) is 24.4. The summed E-state index contributed by atoms with van der Waals surface area (Å²) in [4.78, 5) is 56.3. The monoisotopic (exact) mass is 733 g/mol. The topological polar surface area (TPSA) is 236 Å². The van der Waals surface area contributed by atoms with Gasteiger partial charge < -0.3 is 20.6 Å². The number of aryl methyl sites for hydroxylation is 1. The molecule has 2 amide bonds. The summed E-state index contributed by atoms with van der Waals surface area (Å²) >= 11 is 1.06. The zero-order valence-corrected chi connectivity index (χ0v) is 28.7. The third kappa shape index (κ3) is 9.68. The Hall–Kier alpha value is -4.72. The molecular formula is C30H35N7O9S3. The zero-order chi connectivity index (χ0) is 35.8. The standard InChI is InChI=1S/C30H35N7O9S3/c1-20-9-11-21(12-10-20)48(43,44)35-30(31)33-13-5-8-23(27(41)28-32-14-17-47-28)34-25(38)19-36-15-16-37(24(29(36)42)18-26(39)40)49(45,46)22-6-3-2-4-7-22/h2-4,6-7,9-12,14,17,23-24H,5,8,13,15-16,18-19H2,1H3,(H,34,38)(H,39,40)(H3,31,33,35)/t23-,24+/m0/s1. The third-order valence-corrected chi connectivity index (χ3v) is 11.5. The number of ketones is 1. The summed E-state index contributed by atoms with van der Waals surface area (Å²) in [6.45, 7) is 0.826. The molecule has 2 atom stereocenters. The van der Waals surface area contributed by atoms with E-state index in [1.54, 1.807) is 23.6 Å². The Balaban J connectivity index is 1.38. The highest BCUT2D eigenvalue weighted by molar-refractivity contribution is 7.90. The van der Waals surface area contributed by atoms with Crippen LogP contribution in [0, 0.1) is 12.3 Å². The molecule has 49 heavy (non-hydrogen) atoms. The first kappa shape index (κ1) is 37.1. The first-order valence-corrected chi connectivity index (χ1v) is 18.7. The quantitative estimate of drug-likeness (QED) is 0.0633. The average molecular weight is 734 g/mol. The van der Waals surface area contributed by atoms with E-state index in [-0.39, 0.29) is 47.3 Å². The van der Waals surface area contributed by atoms with E-state index in [0.717, 1.165) is 26.1 Å². The van der Waals surface area contributed by atoms with Crippen molar-refractivity contribution in [2.75, 3.05) is 26.2 Å². The molecule has 0 aliphatic carbocycles. The van der Waals surface area contributed by atoms with Crippen LogP contribution in [0.5, 0.6) is 0 Å². The van der Waals surface area contributed by atoms with Gasteiger partial charge in [0.15, 0.2) is 5.01 Å². The van der Waals surface area contributed by atoms with Crippen LogP contribution in [0.3, 0.4) is 0 Å². The molecule has 0 unspecified atom stereocenters. The first-order valence-electron chi connectivity index (χ1n) is 14.9. The van der Waals surface area contributed by atoms with Crippen molar-refractivity contribution in [2.24, 2.45) is 0 Å².